The van der Waals surface area contributed by atoms with Gasteiger partial charge in [-0.1, -0.05) is 122 Å². The van der Waals surface area contributed by atoms with E-state index in [1.165, 1.54) is 190 Å². The maximum atomic E-state index is 2.70. The van der Waals surface area contributed by atoms with E-state index in [9.17, 15) is 0 Å². The third-order valence-corrected chi connectivity index (χ3v) is 16.5. The van der Waals surface area contributed by atoms with E-state index >= 15 is 0 Å². The van der Waals surface area contributed by atoms with Crippen LogP contribution in [0.25, 0.3) is 22.3 Å². The highest BCUT2D eigenvalue weighted by molar-refractivity contribution is 8.77. The van der Waals surface area contributed by atoms with Gasteiger partial charge in [0, 0.05) is 57.1 Å². The summed E-state index contributed by atoms with van der Waals surface area (Å²) >= 11 is 0. The molecule has 0 radical (unpaired) electrons. The van der Waals surface area contributed by atoms with E-state index in [1.807, 2.05) is 43.2 Å². The zero-order chi connectivity index (χ0) is 40.2. The van der Waals surface area contributed by atoms with Gasteiger partial charge in [-0.05, 0) is 171 Å². The number of hydrogen-bond acceptors (Lipinski definition) is 6. The lowest BCUT2D eigenvalue weighted by Crippen LogP contribution is -2.27. The van der Waals surface area contributed by atoms with Crippen LogP contribution in [0.5, 0.6) is 0 Å². The van der Waals surface area contributed by atoms with Gasteiger partial charge in [0.1, 0.15) is 0 Å². The van der Waals surface area contributed by atoms with Gasteiger partial charge in [-0.15, -0.1) is 0 Å². The van der Waals surface area contributed by atoms with Gasteiger partial charge < -0.3 is 9.80 Å². The molecule has 0 spiro atoms. The normalized spacial score (nSPS) is 12.6. The average molecular weight is 827 g/mol. The number of benzene rings is 4. The van der Waals surface area contributed by atoms with E-state index in [1.54, 1.807) is 0 Å². The van der Waals surface area contributed by atoms with Crippen molar-refractivity contribution in [2.75, 3.05) is 36.0 Å². The van der Waals surface area contributed by atoms with E-state index in [2.05, 4.69) is 128 Å². The second kappa shape index (κ2) is 22.3. The minimum atomic E-state index is 1.17. The molecule has 304 valence electrons. The Morgan fingerprint density at radius 2 is 0.571 bits per heavy atom. The first kappa shape index (κ1) is 45.0. The Bertz CT molecular complexity index is 1740. The van der Waals surface area contributed by atoms with Crippen molar-refractivity contribution in [3.63, 3.8) is 0 Å². The van der Waals surface area contributed by atoms with E-state index in [0.717, 1.165) is 0 Å². The Hall–Kier alpha value is -2.12. The highest BCUT2D eigenvalue weighted by Crippen LogP contribution is 2.54. The molecule has 0 fully saturated rings. The lowest BCUT2D eigenvalue weighted by molar-refractivity contribution is 0.635. The van der Waals surface area contributed by atoms with Crippen molar-refractivity contribution >= 4 is 54.6 Å². The van der Waals surface area contributed by atoms with Crippen LogP contribution < -0.4 is 9.80 Å². The maximum absolute atomic E-state index is 2.70. The standard InChI is InChI=1S/C34H54N2S2.C16H16S2/c1-7-11-15-19-35(20-16-12-8-2)31-25-29-30-26-32(36(21-17-13-9-3)22-18-14-10-4)28(6)24-34(30)38-37-33(29)23-27(31)5;1-9-5-13-14-6-10(2)12(4)8-16(14)18-17-15(13)7-11(9)3/h23-26H,7-22H2,1-6H3;5-8H,1-4H3. The van der Waals surface area contributed by atoms with Gasteiger partial charge in [0.2, 0.25) is 0 Å². The molecular weight excluding hydrogens is 757 g/mol. The van der Waals surface area contributed by atoms with E-state index < -0.39 is 0 Å². The fraction of sp³-hybridized carbons (Fsp3) is 0.520. The van der Waals surface area contributed by atoms with Crippen LogP contribution in [0.2, 0.25) is 0 Å². The molecule has 6 heteroatoms. The van der Waals surface area contributed by atoms with Gasteiger partial charge in [-0.3, -0.25) is 0 Å². The predicted octanol–water partition coefficient (Wildman–Crippen LogP) is 17.2. The molecule has 4 aromatic carbocycles. The van der Waals surface area contributed by atoms with Gasteiger partial charge in [0.05, 0.1) is 0 Å². The Labute approximate surface area is 358 Å². The zero-order valence-electron chi connectivity index (χ0n) is 36.5. The Kier molecular flexibility index (Phi) is 17.9. The Morgan fingerprint density at radius 1 is 0.321 bits per heavy atom. The van der Waals surface area contributed by atoms with Crippen LogP contribution in [-0.2, 0) is 0 Å². The number of unbranched alkanes of at least 4 members (excludes halogenated alkanes) is 8. The van der Waals surface area contributed by atoms with Crippen LogP contribution in [0, 0.1) is 41.5 Å². The van der Waals surface area contributed by atoms with Crippen LogP contribution in [-0.4, -0.2) is 26.2 Å². The van der Waals surface area contributed by atoms with Crippen molar-refractivity contribution in [1.82, 2.24) is 0 Å². The molecule has 0 saturated carbocycles. The Morgan fingerprint density at radius 3 is 0.857 bits per heavy atom. The number of rotatable bonds is 18. The molecule has 4 aromatic rings. The summed E-state index contributed by atoms with van der Waals surface area (Å²) in [6.07, 6.45) is 15.5. The molecule has 0 atom stereocenters. The molecule has 0 amide bonds. The summed E-state index contributed by atoms with van der Waals surface area (Å²) in [5.74, 6) is 0. The van der Waals surface area contributed by atoms with Crippen molar-refractivity contribution in [3.8, 4) is 22.3 Å². The van der Waals surface area contributed by atoms with Gasteiger partial charge in [0.25, 0.3) is 0 Å². The van der Waals surface area contributed by atoms with Gasteiger partial charge in [-0.2, -0.15) is 0 Å². The van der Waals surface area contributed by atoms with Crippen LogP contribution in [0.15, 0.2) is 68.1 Å². The first-order valence-corrected chi connectivity index (χ1v) is 26.1. The molecule has 0 saturated heterocycles. The fourth-order valence-corrected chi connectivity index (χ4v) is 12.8. The summed E-state index contributed by atoms with van der Waals surface area (Å²) in [6, 6.07) is 19.4. The Balaban J connectivity index is 0.000000275. The van der Waals surface area contributed by atoms with E-state index in [4.69, 9.17) is 0 Å². The summed E-state index contributed by atoms with van der Waals surface area (Å²) in [5.41, 5.74) is 17.0. The van der Waals surface area contributed by atoms with Crippen molar-refractivity contribution in [3.05, 3.63) is 81.9 Å². The molecule has 0 unspecified atom stereocenters. The molecule has 0 aliphatic carbocycles. The molecule has 2 aliphatic heterocycles. The molecule has 2 heterocycles. The first-order valence-electron chi connectivity index (χ1n) is 21.8. The molecule has 6 rings (SSSR count). The first-order chi connectivity index (χ1) is 27.1. The van der Waals surface area contributed by atoms with Crippen molar-refractivity contribution in [2.45, 2.75) is 166 Å². The number of aryl methyl sites for hydroxylation is 6. The number of anilines is 2. The monoisotopic (exact) mass is 826 g/mol. The lowest BCUT2D eigenvalue weighted by Gasteiger charge is -2.31. The number of hydrogen-bond donors (Lipinski definition) is 0. The summed E-state index contributed by atoms with van der Waals surface area (Å²) in [7, 11) is 7.67. The average Bonchev–Trinajstić information content (AvgIpc) is 3.18. The second-order valence-corrected chi connectivity index (χ2v) is 20.7. The largest absolute Gasteiger partial charge is 0.371 e. The molecular formula is C50H70N2S4. The van der Waals surface area contributed by atoms with Gasteiger partial charge in [-0.25, -0.2) is 0 Å². The van der Waals surface area contributed by atoms with Gasteiger partial charge >= 0.3 is 0 Å². The topological polar surface area (TPSA) is 6.48 Å². The van der Waals surface area contributed by atoms with Crippen molar-refractivity contribution < 1.29 is 0 Å². The summed E-state index contributed by atoms with van der Waals surface area (Å²) in [4.78, 5) is 11.1. The second-order valence-electron chi connectivity index (χ2n) is 16.3. The van der Waals surface area contributed by atoms with Gasteiger partial charge in [0.15, 0.2) is 0 Å². The van der Waals surface area contributed by atoms with E-state index in [0.29, 0.717) is 0 Å². The minimum absolute atomic E-state index is 1.17. The number of nitrogens with zero attached hydrogens (tertiary/aromatic N) is 2. The highest BCUT2D eigenvalue weighted by atomic mass is 33.1. The molecule has 0 N–H and O–H groups in total. The molecule has 56 heavy (non-hydrogen) atoms. The quantitative estimate of drug-likeness (QED) is 0.0723. The van der Waals surface area contributed by atoms with Crippen LogP contribution in [0.4, 0.5) is 11.4 Å². The maximum Gasteiger partial charge on any atom is 0.0402 e. The minimum Gasteiger partial charge on any atom is -0.371 e. The smallest absolute Gasteiger partial charge is 0.0402 e. The predicted molar refractivity (Wildman–Crippen MR) is 258 cm³/mol. The van der Waals surface area contributed by atoms with Crippen molar-refractivity contribution in [2.24, 2.45) is 0 Å². The van der Waals surface area contributed by atoms with Crippen LogP contribution in [0.1, 0.15) is 138 Å². The lowest BCUT2D eigenvalue weighted by atomic mass is 9.97. The van der Waals surface area contributed by atoms with Crippen LogP contribution in [0.3, 0.4) is 0 Å². The highest BCUT2D eigenvalue weighted by Gasteiger charge is 2.24. The molecule has 0 aromatic heterocycles. The molecule has 0 bridgehead atoms. The summed E-state index contributed by atoms with van der Waals surface area (Å²) in [5, 5.41) is 0. The summed E-state index contributed by atoms with van der Waals surface area (Å²) < 4.78 is 0. The van der Waals surface area contributed by atoms with Crippen molar-refractivity contribution in [1.29, 1.82) is 0 Å². The SMILES string of the molecule is CCCCCN(CCCCC)c1cc2c(cc1C)SSc1cc(C)c(N(CCCCC)CCCCC)cc1-2.Cc1cc2c(cc1C)-c1cc(C)c(C)cc1SS2. The fourth-order valence-electron chi connectivity index (χ4n) is 7.81. The van der Waals surface area contributed by atoms with E-state index in [-0.39, 0.29) is 0 Å². The summed E-state index contributed by atoms with van der Waals surface area (Å²) in [6.45, 7) is 27.4. The number of fused-ring (bicyclic) bond motifs is 6. The molecule has 2 nitrogen and oxygen atoms in total. The third kappa shape index (κ3) is 11.5. The third-order valence-electron chi connectivity index (χ3n) is 11.6. The van der Waals surface area contributed by atoms with Crippen LogP contribution >= 0.6 is 43.2 Å². The zero-order valence-corrected chi connectivity index (χ0v) is 39.7. The molecule has 2 aliphatic rings.